The van der Waals surface area contributed by atoms with Gasteiger partial charge in [-0.2, -0.15) is 0 Å². The summed E-state index contributed by atoms with van der Waals surface area (Å²) in [4.78, 5) is 11.2. The fourth-order valence-electron chi connectivity index (χ4n) is 1.55. The van der Waals surface area contributed by atoms with Crippen molar-refractivity contribution in [3.05, 3.63) is 29.3 Å². The third-order valence-electron chi connectivity index (χ3n) is 2.37. The third-order valence-corrected chi connectivity index (χ3v) is 2.37. The number of methoxy groups -OCH3 is 1. The lowest BCUT2D eigenvalue weighted by molar-refractivity contribution is -0.143. The molecule has 108 valence electrons. The molecule has 0 bridgehead atoms. The standard InChI is InChI=1S/C12H15F2NO3.ClH/c1-3-18-10(16)6-8(15)11-7(13)4-5-9(17-2)12(11)14;/h4-5,8H,3,6,15H2,1-2H3;1H/t8-;/m0./s1. The van der Waals surface area contributed by atoms with E-state index in [9.17, 15) is 13.6 Å². The quantitative estimate of drug-likeness (QED) is 0.847. The Bertz CT molecular complexity index is 443. The Labute approximate surface area is 116 Å². The molecule has 0 aliphatic carbocycles. The van der Waals surface area contributed by atoms with E-state index in [-0.39, 0.29) is 36.7 Å². The Hall–Kier alpha value is -1.40. The number of carbonyl (C=O) groups is 1. The minimum atomic E-state index is -1.11. The van der Waals surface area contributed by atoms with Crippen molar-refractivity contribution in [2.45, 2.75) is 19.4 Å². The molecule has 1 aromatic carbocycles. The van der Waals surface area contributed by atoms with Crippen LogP contribution in [0.5, 0.6) is 5.75 Å². The van der Waals surface area contributed by atoms with Gasteiger partial charge in [0.25, 0.3) is 0 Å². The molecule has 0 radical (unpaired) electrons. The molecule has 0 fully saturated rings. The van der Waals surface area contributed by atoms with Crippen LogP contribution in [-0.4, -0.2) is 19.7 Å². The van der Waals surface area contributed by atoms with E-state index in [1.807, 2.05) is 0 Å². The van der Waals surface area contributed by atoms with Crippen LogP contribution in [0.3, 0.4) is 0 Å². The molecule has 19 heavy (non-hydrogen) atoms. The maximum Gasteiger partial charge on any atom is 0.307 e. The minimum Gasteiger partial charge on any atom is -0.494 e. The monoisotopic (exact) mass is 295 g/mol. The van der Waals surface area contributed by atoms with Crippen molar-refractivity contribution in [1.29, 1.82) is 0 Å². The van der Waals surface area contributed by atoms with Gasteiger partial charge in [0.15, 0.2) is 11.6 Å². The second-order valence-corrected chi connectivity index (χ2v) is 3.59. The molecular formula is C12H16ClF2NO3. The SMILES string of the molecule is CCOC(=O)C[C@H](N)c1c(F)ccc(OC)c1F.Cl. The maximum absolute atomic E-state index is 13.8. The number of benzene rings is 1. The summed E-state index contributed by atoms with van der Waals surface area (Å²) in [6.07, 6.45) is -0.297. The lowest BCUT2D eigenvalue weighted by Gasteiger charge is -2.14. The predicted octanol–water partition coefficient (Wildman–Crippen LogP) is 2.35. The van der Waals surface area contributed by atoms with Gasteiger partial charge in [-0.3, -0.25) is 4.79 Å². The highest BCUT2D eigenvalue weighted by Gasteiger charge is 2.22. The highest BCUT2D eigenvalue weighted by Crippen LogP contribution is 2.28. The molecule has 0 amide bonds. The van der Waals surface area contributed by atoms with Crippen molar-refractivity contribution in [3.8, 4) is 5.75 Å². The topological polar surface area (TPSA) is 61.5 Å². The lowest BCUT2D eigenvalue weighted by atomic mass is 10.0. The maximum atomic E-state index is 13.8. The molecular weight excluding hydrogens is 280 g/mol. The number of hydrogen-bond acceptors (Lipinski definition) is 4. The van der Waals surface area contributed by atoms with Crippen LogP contribution < -0.4 is 10.5 Å². The van der Waals surface area contributed by atoms with Crippen LogP contribution in [0.4, 0.5) is 8.78 Å². The van der Waals surface area contributed by atoms with Crippen molar-refractivity contribution >= 4 is 18.4 Å². The number of carbonyl (C=O) groups excluding carboxylic acids is 1. The first-order chi connectivity index (χ1) is 8.51. The molecule has 4 nitrogen and oxygen atoms in total. The molecule has 0 aliphatic rings. The third kappa shape index (κ3) is 4.33. The number of nitrogens with two attached hydrogens (primary N) is 1. The summed E-state index contributed by atoms with van der Waals surface area (Å²) < 4.78 is 36.8. The molecule has 0 heterocycles. The zero-order valence-corrected chi connectivity index (χ0v) is 11.4. The molecule has 0 saturated carbocycles. The zero-order valence-electron chi connectivity index (χ0n) is 10.6. The Morgan fingerprint density at radius 1 is 1.42 bits per heavy atom. The van der Waals surface area contributed by atoms with Crippen molar-refractivity contribution in [1.82, 2.24) is 0 Å². The van der Waals surface area contributed by atoms with E-state index in [4.69, 9.17) is 10.5 Å². The van der Waals surface area contributed by atoms with Crippen molar-refractivity contribution in [3.63, 3.8) is 0 Å². The van der Waals surface area contributed by atoms with Gasteiger partial charge in [0, 0.05) is 11.6 Å². The van der Waals surface area contributed by atoms with Crippen LogP contribution in [0.2, 0.25) is 0 Å². The highest BCUT2D eigenvalue weighted by molar-refractivity contribution is 5.85. The van der Waals surface area contributed by atoms with Crippen molar-refractivity contribution < 1.29 is 23.0 Å². The first-order valence-electron chi connectivity index (χ1n) is 5.44. The fourth-order valence-corrected chi connectivity index (χ4v) is 1.55. The van der Waals surface area contributed by atoms with E-state index in [2.05, 4.69) is 4.74 Å². The van der Waals surface area contributed by atoms with Gasteiger partial charge in [-0.1, -0.05) is 0 Å². The van der Waals surface area contributed by atoms with Crippen LogP contribution >= 0.6 is 12.4 Å². The van der Waals surface area contributed by atoms with Crippen LogP contribution in [0.15, 0.2) is 12.1 Å². The van der Waals surface area contributed by atoms with Gasteiger partial charge in [-0.05, 0) is 19.1 Å². The van der Waals surface area contributed by atoms with E-state index >= 15 is 0 Å². The summed E-state index contributed by atoms with van der Waals surface area (Å²) in [6, 6.07) is 1.09. The Morgan fingerprint density at radius 3 is 2.58 bits per heavy atom. The summed E-state index contributed by atoms with van der Waals surface area (Å²) in [5, 5.41) is 0. The molecule has 0 spiro atoms. The molecule has 1 rings (SSSR count). The summed E-state index contributed by atoms with van der Waals surface area (Å²) in [7, 11) is 1.26. The molecule has 7 heteroatoms. The highest BCUT2D eigenvalue weighted by atomic mass is 35.5. The van der Waals surface area contributed by atoms with Crippen LogP contribution in [0, 0.1) is 11.6 Å². The van der Waals surface area contributed by atoms with E-state index < -0.39 is 23.6 Å². The van der Waals surface area contributed by atoms with Crippen LogP contribution in [-0.2, 0) is 9.53 Å². The van der Waals surface area contributed by atoms with Crippen molar-refractivity contribution in [2.24, 2.45) is 5.73 Å². The summed E-state index contributed by atoms with van der Waals surface area (Å²) in [6.45, 7) is 1.82. The minimum absolute atomic E-state index is 0. The molecule has 1 aromatic rings. The number of hydrogen-bond donors (Lipinski definition) is 1. The normalized spacial score (nSPS) is 11.4. The smallest absolute Gasteiger partial charge is 0.307 e. The Morgan fingerprint density at radius 2 is 2.05 bits per heavy atom. The number of halogens is 3. The van der Waals surface area contributed by atoms with Gasteiger partial charge in [-0.15, -0.1) is 12.4 Å². The van der Waals surface area contributed by atoms with Gasteiger partial charge in [0.05, 0.1) is 20.1 Å². The van der Waals surface area contributed by atoms with E-state index in [1.165, 1.54) is 7.11 Å². The van der Waals surface area contributed by atoms with E-state index in [0.29, 0.717) is 0 Å². The number of ether oxygens (including phenoxy) is 2. The van der Waals surface area contributed by atoms with E-state index in [0.717, 1.165) is 12.1 Å². The van der Waals surface area contributed by atoms with Crippen LogP contribution in [0.1, 0.15) is 24.9 Å². The fraction of sp³-hybridized carbons (Fsp3) is 0.417. The average molecular weight is 296 g/mol. The summed E-state index contributed by atoms with van der Waals surface area (Å²) >= 11 is 0. The lowest BCUT2D eigenvalue weighted by Crippen LogP contribution is -2.20. The number of esters is 1. The Balaban J connectivity index is 0.00000324. The van der Waals surface area contributed by atoms with Gasteiger partial charge in [0.1, 0.15) is 5.82 Å². The number of rotatable bonds is 5. The van der Waals surface area contributed by atoms with Gasteiger partial charge >= 0.3 is 5.97 Å². The molecule has 1 atom stereocenters. The van der Waals surface area contributed by atoms with Gasteiger partial charge in [0.2, 0.25) is 0 Å². The second kappa shape index (κ2) is 7.91. The first kappa shape index (κ1) is 17.6. The summed E-state index contributed by atoms with van der Waals surface area (Å²) in [5.41, 5.74) is 5.24. The zero-order chi connectivity index (χ0) is 13.7. The van der Waals surface area contributed by atoms with Gasteiger partial charge in [-0.25, -0.2) is 8.78 Å². The molecule has 0 unspecified atom stereocenters. The predicted molar refractivity (Wildman–Crippen MR) is 68.3 cm³/mol. The second-order valence-electron chi connectivity index (χ2n) is 3.59. The average Bonchev–Trinajstić information content (AvgIpc) is 2.29. The molecule has 0 aromatic heterocycles. The summed E-state index contributed by atoms with van der Waals surface area (Å²) in [5.74, 6) is -2.43. The van der Waals surface area contributed by atoms with Crippen LogP contribution in [0.25, 0.3) is 0 Å². The molecule has 0 aliphatic heterocycles. The Kier molecular flexibility index (Phi) is 7.33. The van der Waals surface area contributed by atoms with Gasteiger partial charge < -0.3 is 15.2 Å². The molecule has 2 N–H and O–H groups in total. The van der Waals surface area contributed by atoms with E-state index in [1.54, 1.807) is 6.92 Å². The van der Waals surface area contributed by atoms with Crippen molar-refractivity contribution in [2.75, 3.05) is 13.7 Å². The first-order valence-corrected chi connectivity index (χ1v) is 5.44. The molecule has 0 saturated heterocycles. The largest absolute Gasteiger partial charge is 0.494 e.